The van der Waals surface area contributed by atoms with E-state index in [1.54, 1.807) is 12.3 Å². The number of imidazole rings is 1. The first kappa shape index (κ1) is 15.3. The van der Waals surface area contributed by atoms with Gasteiger partial charge in [-0.3, -0.25) is 10.00 Å². The van der Waals surface area contributed by atoms with Crippen LogP contribution in [0.1, 0.15) is 30.5 Å². The Kier molecular flexibility index (Phi) is 3.60. The minimum absolute atomic E-state index is 0.186. The fraction of sp³-hybridized carbons (Fsp3) is 0.263. The fourth-order valence-corrected chi connectivity index (χ4v) is 3.69. The fourth-order valence-electron chi connectivity index (χ4n) is 3.69. The molecule has 0 aliphatic carbocycles. The topological polar surface area (TPSA) is 73.7 Å². The first-order valence-corrected chi connectivity index (χ1v) is 8.74. The molecule has 0 unspecified atom stereocenters. The molecule has 6 nitrogen and oxygen atoms in total. The van der Waals surface area contributed by atoms with Crippen LogP contribution >= 0.6 is 0 Å². The highest BCUT2D eigenvalue weighted by Crippen LogP contribution is 2.33. The van der Waals surface area contributed by atoms with E-state index in [-0.39, 0.29) is 11.9 Å². The van der Waals surface area contributed by atoms with Gasteiger partial charge in [0.25, 0.3) is 0 Å². The summed E-state index contributed by atoms with van der Waals surface area (Å²) in [6, 6.07) is 10.7. The number of likely N-dealkylation sites (tertiary alicyclic amines) is 1. The highest BCUT2D eigenvalue weighted by Gasteiger charge is 2.29. The second-order valence-electron chi connectivity index (χ2n) is 6.65. The highest BCUT2D eigenvalue weighted by atomic mass is 19.1. The zero-order valence-electron chi connectivity index (χ0n) is 14.1. The summed E-state index contributed by atoms with van der Waals surface area (Å²) in [5.41, 5.74) is 2.41. The Morgan fingerprint density at radius 2 is 2.19 bits per heavy atom. The van der Waals surface area contributed by atoms with Crippen molar-refractivity contribution in [2.45, 2.75) is 25.4 Å². The molecule has 2 N–H and O–H groups in total. The Hall–Kier alpha value is -2.93. The monoisotopic (exact) mass is 351 g/mol. The molecule has 0 saturated carbocycles. The zero-order chi connectivity index (χ0) is 17.5. The number of fused-ring (bicyclic) bond motifs is 1. The number of nitrogens with one attached hydrogen (secondary N) is 2. The minimum atomic E-state index is -0.252. The first-order chi connectivity index (χ1) is 12.8. The molecule has 1 aromatic carbocycles. The molecule has 1 atom stereocenters. The molecule has 4 aromatic rings. The Labute approximate surface area is 149 Å². The number of halogens is 1. The van der Waals surface area contributed by atoms with Crippen LogP contribution < -0.4 is 0 Å². The van der Waals surface area contributed by atoms with Crippen LogP contribution in [0.4, 0.5) is 4.39 Å². The highest BCUT2D eigenvalue weighted by molar-refractivity contribution is 5.75. The zero-order valence-corrected chi connectivity index (χ0v) is 14.1. The molecule has 7 heteroatoms. The van der Waals surface area contributed by atoms with Crippen LogP contribution in [0.25, 0.3) is 22.5 Å². The van der Waals surface area contributed by atoms with E-state index in [2.05, 4.69) is 25.1 Å². The van der Waals surface area contributed by atoms with Gasteiger partial charge in [0.05, 0.1) is 23.6 Å². The van der Waals surface area contributed by atoms with E-state index in [0.717, 1.165) is 53.5 Å². The first-order valence-electron chi connectivity index (χ1n) is 8.74. The summed E-state index contributed by atoms with van der Waals surface area (Å²) < 4.78 is 19.4. The normalized spacial score (nSPS) is 18.1. The van der Waals surface area contributed by atoms with Crippen molar-refractivity contribution in [3.8, 4) is 11.5 Å². The van der Waals surface area contributed by atoms with Crippen LogP contribution in [-0.2, 0) is 6.54 Å². The van der Waals surface area contributed by atoms with Crippen molar-refractivity contribution >= 4 is 11.0 Å². The van der Waals surface area contributed by atoms with Crippen molar-refractivity contribution < 1.29 is 8.81 Å². The Balaban J connectivity index is 1.38. The van der Waals surface area contributed by atoms with Crippen molar-refractivity contribution in [1.29, 1.82) is 0 Å². The van der Waals surface area contributed by atoms with E-state index in [4.69, 9.17) is 4.42 Å². The van der Waals surface area contributed by atoms with Crippen molar-refractivity contribution in [2.24, 2.45) is 0 Å². The molecular weight excluding hydrogens is 333 g/mol. The molecule has 0 bridgehead atoms. The predicted octanol–water partition coefficient (Wildman–Crippen LogP) is 4.02. The summed E-state index contributed by atoms with van der Waals surface area (Å²) in [6.07, 6.45) is 3.83. The van der Waals surface area contributed by atoms with Gasteiger partial charge >= 0.3 is 0 Å². The minimum Gasteiger partial charge on any atom is -0.458 e. The van der Waals surface area contributed by atoms with Gasteiger partial charge in [-0.15, -0.1) is 0 Å². The predicted molar refractivity (Wildman–Crippen MR) is 94.7 cm³/mol. The van der Waals surface area contributed by atoms with E-state index in [1.807, 2.05) is 18.2 Å². The lowest BCUT2D eigenvalue weighted by Gasteiger charge is -2.21. The third-order valence-corrected chi connectivity index (χ3v) is 4.93. The summed E-state index contributed by atoms with van der Waals surface area (Å²) in [5.74, 6) is 2.33. The second kappa shape index (κ2) is 6.10. The Morgan fingerprint density at radius 3 is 3.08 bits per heavy atom. The lowest BCUT2D eigenvalue weighted by atomic mass is 10.2. The molecule has 4 heterocycles. The van der Waals surface area contributed by atoms with Crippen LogP contribution in [0.3, 0.4) is 0 Å². The number of aromatic nitrogens is 4. The van der Waals surface area contributed by atoms with Crippen molar-refractivity contribution in [3.63, 3.8) is 0 Å². The number of hydrogen-bond donors (Lipinski definition) is 2. The van der Waals surface area contributed by atoms with E-state index in [1.165, 1.54) is 12.1 Å². The lowest BCUT2D eigenvalue weighted by molar-refractivity contribution is 0.222. The summed E-state index contributed by atoms with van der Waals surface area (Å²) in [6.45, 7) is 1.69. The van der Waals surface area contributed by atoms with Crippen LogP contribution in [0.5, 0.6) is 0 Å². The molecule has 5 rings (SSSR count). The summed E-state index contributed by atoms with van der Waals surface area (Å²) in [5, 5.41) is 6.87. The second-order valence-corrected chi connectivity index (χ2v) is 6.65. The number of hydrogen-bond acceptors (Lipinski definition) is 4. The van der Waals surface area contributed by atoms with Gasteiger partial charge < -0.3 is 9.40 Å². The molecular formula is C19H18FN5O. The molecule has 3 aromatic heterocycles. The maximum Gasteiger partial charge on any atom is 0.152 e. The largest absolute Gasteiger partial charge is 0.458 e. The van der Waals surface area contributed by atoms with Crippen molar-refractivity contribution in [1.82, 2.24) is 25.1 Å². The number of aromatic amines is 2. The van der Waals surface area contributed by atoms with Gasteiger partial charge in [-0.25, -0.2) is 9.37 Å². The Bertz CT molecular complexity index is 1040. The average Bonchev–Trinajstić information content (AvgIpc) is 3.41. The average molecular weight is 351 g/mol. The third kappa shape index (κ3) is 2.70. The van der Waals surface area contributed by atoms with Crippen molar-refractivity contribution in [2.75, 3.05) is 6.54 Å². The molecule has 1 aliphatic heterocycles. The smallest absolute Gasteiger partial charge is 0.152 e. The lowest BCUT2D eigenvalue weighted by Crippen LogP contribution is -2.23. The third-order valence-electron chi connectivity index (χ3n) is 4.93. The van der Waals surface area contributed by atoms with Crippen LogP contribution in [-0.4, -0.2) is 31.6 Å². The van der Waals surface area contributed by atoms with E-state index < -0.39 is 0 Å². The van der Waals surface area contributed by atoms with Crippen molar-refractivity contribution in [3.05, 3.63) is 60.0 Å². The number of nitrogens with zero attached hydrogens (tertiary/aromatic N) is 3. The molecule has 1 aliphatic rings. The van der Waals surface area contributed by atoms with Gasteiger partial charge in [-0.2, -0.15) is 5.10 Å². The van der Waals surface area contributed by atoms with Gasteiger partial charge in [0.2, 0.25) is 0 Å². The quantitative estimate of drug-likeness (QED) is 0.582. The molecule has 0 spiro atoms. The van der Waals surface area contributed by atoms with Crippen LogP contribution in [0.15, 0.2) is 47.0 Å². The molecule has 0 radical (unpaired) electrons. The van der Waals surface area contributed by atoms with Gasteiger partial charge in [-0.1, -0.05) is 0 Å². The van der Waals surface area contributed by atoms with Gasteiger partial charge in [0.15, 0.2) is 5.76 Å². The maximum absolute atomic E-state index is 13.4. The number of furan rings is 1. The standard InChI is InChI=1S/C19H18FN5O/c20-12-3-5-14-16(10-12)23-19(22-14)17-2-1-9-25(17)11-13-4-6-18(26-13)15-7-8-21-24-15/h3-8,10,17H,1-2,9,11H2,(H,21,24)(H,22,23)/t17-/m0/s1. The number of rotatable bonds is 4. The Morgan fingerprint density at radius 1 is 1.23 bits per heavy atom. The van der Waals surface area contributed by atoms with E-state index >= 15 is 0 Å². The van der Waals surface area contributed by atoms with E-state index in [9.17, 15) is 4.39 Å². The summed E-state index contributed by atoms with van der Waals surface area (Å²) >= 11 is 0. The van der Waals surface area contributed by atoms with E-state index in [0.29, 0.717) is 6.54 Å². The van der Waals surface area contributed by atoms with Gasteiger partial charge in [0, 0.05) is 6.20 Å². The molecule has 1 fully saturated rings. The van der Waals surface area contributed by atoms with Gasteiger partial charge in [0.1, 0.15) is 23.1 Å². The summed E-state index contributed by atoms with van der Waals surface area (Å²) in [4.78, 5) is 10.3. The molecule has 132 valence electrons. The van der Waals surface area contributed by atoms with Crippen LogP contribution in [0.2, 0.25) is 0 Å². The summed E-state index contributed by atoms with van der Waals surface area (Å²) in [7, 11) is 0. The molecule has 26 heavy (non-hydrogen) atoms. The molecule has 1 saturated heterocycles. The van der Waals surface area contributed by atoms with Crippen LogP contribution in [0, 0.1) is 5.82 Å². The van der Waals surface area contributed by atoms with Gasteiger partial charge in [-0.05, 0) is 55.8 Å². The SMILES string of the molecule is Fc1ccc2nc([C@@H]3CCCN3Cc3ccc(-c4ccn[nH]4)o3)[nH]c2c1. The number of benzene rings is 1. The number of H-pyrrole nitrogens is 2. The molecule has 0 amide bonds. The maximum atomic E-state index is 13.4.